The summed E-state index contributed by atoms with van der Waals surface area (Å²) in [6, 6.07) is 0. The van der Waals surface area contributed by atoms with Crippen molar-refractivity contribution in [1.29, 1.82) is 0 Å². The van der Waals surface area contributed by atoms with Crippen LogP contribution in [-0.2, 0) is 65.4 Å². The van der Waals surface area contributed by atoms with Crippen molar-refractivity contribution in [2.45, 2.75) is 305 Å². The van der Waals surface area contributed by atoms with Gasteiger partial charge in [0, 0.05) is 25.7 Å². The van der Waals surface area contributed by atoms with Crippen LogP contribution in [-0.4, -0.2) is 96.7 Å². The molecule has 0 saturated heterocycles. The van der Waals surface area contributed by atoms with E-state index >= 15 is 0 Å². The predicted octanol–water partition coefficient (Wildman–Crippen LogP) is 16.2. The number of unbranched alkanes of at least 4 members (excludes halogenated alkanes) is 22. The molecule has 5 unspecified atom stereocenters. The molecule has 0 aromatic carbocycles. The average Bonchev–Trinajstić information content (AvgIpc) is 3.41. The van der Waals surface area contributed by atoms with Crippen molar-refractivity contribution in [3.05, 3.63) is 0 Å². The number of phosphoric acid groups is 2. The van der Waals surface area contributed by atoms with Crippen molar-refractivity contribution < 1.29 is 80.2 Å². The number of carbonyl (C=O) groups is 4. The molecular formula is C61H118O17P2. The molecule has 0 spiro atoms. The molecule has 19 heteroatoms. The lowest BCUT2D eigenvalue weighted by atomic mass is 10.00. The highest BCUT2D eigenvalue weighted by molar-refractivity contribution is 7.47. The molecular weight excluding hydrogens is 1070 g/mol. The molecule has 7 atom stereocenters. The van der Waals surface area contributed by atoms with Crippen LogP contribution in [0.25, 0.3) is 0 Å². The molecule has 0 aromatic heterocycles. The van der Waals surface area contributed by atoms with Gasteiger partial charge in [-0.1, -0.05) is 235 Å². The Hall–Kier alpha value is -1.94. The molecule has 0 amide bonds. The fraction of sp³-hybridized carbons (Fsp3) is 0.934. The van der Waals surface area contributed by atoms with Gasteiger partial charge in [0.2, 0.25) is 0 Å². The summed E-state index contributed by atoms with van der Waals surface area (Å²) in [5, 5.41) is 10.5. The number of esters is 4. The molecule has 474 valence electrons. The standard InChI is InChI=1S/C61H118O17P2/c1-9-53(7)39-31-23-16-19-27-35-43-60(65)77-56(47-71-58(63)41-33-25-14-12-11-13-21-29-37-51(3)4)49-75-79(67,68)73-45-55(62)46-74-80(69,70)76-50-57(48-72-59(64)42-34-26-18-15-22-30-38-52(5)6)78-61(66)44-36-28-20-17-24-32-40-54(8)10-2/h51-57,62H,9-50H2,1-8H3,(H,67,68)(H,69,70)/t53?,54?,55?,56-,57-/m1/s1. The Morgan fingerprint density at radius 1 is 0.350 bits per heavy atom. The molecule has 0 aliphatic heterocycles. The van der Waals surface area contributed by atoms with Crippen LogP contribution in [0.4, 0.5) is 0 Å². The van der Waals surface area contributed by atoms with Crippen LogP contribution < -0.4 is 0 Å². The number of rotatable bonds is 58. The predicted molar refractivity (Wildman–Crippen MR) is 317 cm³/mol. The summed E-state index contributed by atoms with van der Waals surface area (Å²) in [6.45, 7) is 13.8. The first-order valence-corrected chi connectivity index (χ1v) is 34.8. The number of carbonyl (C=O) groups excluding carboxylic acids is 4. The van der Waals surface area contributed by atoms with Crippen LogP contribution in [0, 0.1) is 23.7 Å². The van der Waals surface area contributed by atoms with Crippen molar-refractivity contribution in [2.24, 2.45) is 23.7 Å². The summed E-state index contributed by atoms with van der Waals surface area (Å²) < 4.78 is 67.8. The summed E-state index contributed by atoms with van der Waals surface area (Å²) in [4.78, 5) is 72.0. The van der Waals surface area contributed by atoms with E-state index in [1.807, 2.05) is 0 Å². The van der Waals surface area contributed by atoms with E-state index < -0.39 is 97.5 Å². The minimum atomic E-state index is -4.94. The largest absolute Gasteiger partial charge is 0.472 e. The van der Waals surface area contributed by atoms with Crippen molar-refractivity contribution in [2.75, 3.05) is 39.6 Å². The molecule has 0 aliphatic carbocycles. The second-order valence-corrected chi connectivity index (χ2v) is 26.4. The van der Waals surface area contributed by atoms with E-state index in [1.165, 1.54) is 83.5 Å². The number of ether oxygens (including phenoxy) is 4. The summed E-state index contributed by atoms with van der Waals surface area (Å²) in [7, 11) is -9.88. The van der Waals surface area contributed by atoms with Crippen LogP contribution >= 0.6 is 15.6 Å². The van der Waals surface area contributed by atoms with E-state index in [0.29, 0.717) is 31.6 Å². The maximum absolute atomic E-state index is 12.9. The number of aliphatic hydroxyl groups is 1. The monoisotopic (exact) mass is 1180 g/mol. The van der Waals surface area contributed by atoms with Crippen molar-refractivity contribution in [3.63, 3.8) is 0 Å². The summed E-state index contributed by atoms with van der Waals surface area (Å²) in [5.74, 6) is 0.696. The quantitative estimate of drug-likeness (QED) is 0.0222. The number of phosphoric ester groups is 2. The van der Waals surface area contributed by atoms with Crippen LogP contribution in [0.2, 0.25) is 0 Å². The Bertz CT molecular complexity index is 1610. The molecule has 17 nitrogen and oxygen atoms in total. The van der Waals surface area contributed by atoms with E-state index in [-0.39, 0.29) is 25.7 Å². The first-order valence-electron chi connectivity index (χ1n) is 31.8. The zero-order valence-electron chi connectivity index (χ0n) is 51.7. The fourth-order valence-corrected chi connectivity index (χ4v) is 10.4. The molecule has 0 heterocycles. The lowest BCUT2D eigenvalue weighted by Gasteiger charge is -2.21. The summed E-state index contributed by atoms with van der Waals surface area (Å²) >= 11 is 0. The third-order valence-corrected chi connectivity index (χ3v) is 16.4. The van der Waals surface area contributed by atoms with E-state index in [9.17, 15) is 43.2 Å². The second-order valence-electron chi connectivity index (χ2n) is 23.5. The Kier molecular flexibility index (Phi) is 50.2. The van der Waals surface area contributed by atoms with E-state index in [2.05, 4.69) is 55.4 Å². The van der Waals surface area contributed by atoms with Gasteiger partial charge in [-0.05, 0) is 49.4 Å². The topological polar surface area (TPSA) is 237 Å². The smallest absolute Gasteiger partial charge is 0.462 e. The average molecular weight is 1190 g/mol. The van der Waals surface area contributed by atoms with Crippen LogP contribution in [0.3, 0.4) is 0 Å². The van der Waals surface area contributed by atoms with Gasteiger partial charge in [-0.15, -0.1) is 0 Å². The third-order valence-electron chi connectivity index (χ3n) is 14.5. The number of aliphatic hydroxyl groups excluding tert-OH is 1. The van der Waals surface area contributed by atoms with Gasteiger partial charge >= 0.3 is 39.5 Å². The molecule has 0 bridgehead atoms. The molecule has 80 heavy (non-hydrogen) atoms. The zero-order chi connectivity index (χ0) is 59.7. The SMILES string of the molecule is CCC(C)CCCCCCCCC(=O)O[C@H](COC(=O)CCCCCCCCCCC(C)C)COP(=O)(O)OCC(O)COP(=O)(O)OC[C@@H](COC(=O)CCCCCCCCC(C)C)OC(=O)CCCCCCCCC(C)CC. The summed E-state index contributed by atoms with van der Waals surface area (Å²) in [6.07, 6.45) is 29.6. The minimum absolute atomic E-state index is 0.101. The Balaban J connectivity index is 5.26. The zero-order valence-corrected chi connectivity index (χ0v) is 53.5. The number of hydrogen-bond donors (Lipinski definition) is 3. The molecule has 0 aromatic rings. The highest BCUT2D eigenvalue weighted by atomic mass is 31.2. The molecule has 0 aliphatic rings. The number of hydrogen-bond acceptors (Lipinski definition) is 15. The van der Waals surface area contributed by atoms with Crippen molar-refractivity contribution in [1.82, 2.24) is 0 Å². The fourth-order valence-electron chi connectivity index (χ4n) is 8.83. The van der Waals surface area contributed by atoms with Gasteiger partial charge in [0.05, 0.1) is 26.4 Å². The Labute approximate surface area is 486 Å². The molecule has 0 rings (SSSR count). The van der Waals surface area contributed by atoms with Crippen molar-refractivity contribution >= 4 is 39.5 Å². The highest BCUT2D eigenvalue weighted by Crippen LogP contribution is 2.45. The highest BCUT2D eigenvalue weighted by Gasteiger charge is 2.30. The lowest BCUT2D eigenvalue weighted by molar-refractivity contribution is -0.161. The normalized spacial score (nSPS) is 15.2. The molecule has 0 saturated carbocycles. The van der Waals surface area contributed by atoms with Crippen LogP contribution in [0.1, 0.15) is 287 Å². The van der Waals surface area contributed by atoms with E-state index in [4.69, 9.17) is 37.0 Å². The molecule has 3 N–H and O–H groups in total. The van der Waals surface area contributed by atoms with Crippen molar-refractivity contribution in [3.8, 4) is 0 Å². The van der Waals surface area contributed by atoms with Gasteiger partial charge in [-0.25, -0.2) is 9.13 Å². The van der Waals surface area contributed by atoms with Gasteiger partial charge in [0.25, 0.3) is 0 Å². The minimum Gasteiger partial charge on any atom is -0.462 e. The Morgan fingerprint density at radius 3 is 0.887 bits per heavy atom. The second kappa shape index (κ2) is 51.5. The van der Waals surface area contributed by atoms with Gasteiger partial charge in [-0.2, -0.15) is 0 Å². The first kappa shape index (κ1) is 78.1. The maximum Gasteiger partial charge on any atom is 0.472 e. The lowest BCUT2D eigenvalue weighted by Crippen LogP contribution is -2.30. The van der Waals surface area contributed by atoms with E-state index in [0.717, 1.165) is 114 Å². The van der Waals surface area contributed by atoms with E-state index in [1.54, 1.807) is 0 Å². The Morgan fingerprint density at radius 2 is 0.600 bits per heavy atom. The third kappa shape index (κ3) is 52.8. The van der Waals surface area contributed by atoms with Gasteiger partial charge in [-0.3, -0.25) is 37.3 Å². The van der Waals surface area contributed by atoms with Crippen LogP contribution in [0.5, 0.6) is 0 Å². The molecule has 0 radical (unpaired) electrons. The maximum atomic E-state index is 12.9. The first-order chi connectivity index (χ1) is 38.2. The van der Waals surface area contributed by atoms with Gasteiger partial charge in [0.1, 0.15) is 19.3 Å². The summed E-state index contributed by atoms with van der Waals surface area (Å²) in [5.41, 5.74) is 0. The van der Waals surface area contributed by atoms with Crippen LogP contribution in [0.15, 0.2) is 0 Å². The molecule has 0 fully saturated rings. The van der Waals surface area contributed by atoms with Gasteiger partial charge < -0.3 is 33.8 Å². The van der Waals surface area contributed by atoms with Gasteiger partial charge in [0.15, 0.2) is 12.2 Å².